The Bertz CT molecular complexity index is 1140. The van der Waals surface area contributed by atoms with Crippen LogP contribution in [0.3, 0.4) is 0 Å². The Labute approximate surface area is 191 Å². The number of carbonyl (C=O) groups excluding carboxylic acids is 1. The van der Waals surface area contributed by atoms with Gasteiger partial charge in [0.25, 0.3) is 0 Å². The second-order valence-electron chi connectivity index (χ2n) is 7.24. The molecule has 0 saturated carbocycles. The van der Waals surface area contributed by atoms with Gasteiger partial charge in [-0.2, -0.15) is 0 Å². The number of thioether (sulfide) groups is 1. The van der Waals surface area contributed by atoms with E-state index in [4.69, 9.17) is 9.15 Å². The molecule has 0 saturated heterocycles. The molecule has 10 heteroatoms. The summed E-state index contributed by atoms with van der Waals surface area (Å²) in [5.41, 5.74) is 0.824. The van der Waals surface area contributed by atoms with Crippen molar-refractivity contribution in [2.24, 2.45) is 0 Å². The van der Waals surface area contributed by atoms with Crippen LogP contribution in [0.5, 0.6) is 5.75 Å². The number of ether oxygens (including phenoxy) is 1. The monoisotopic (exact) mass is 475 g/mol. The van der Waals surface area contributed by atoms with Crippen LogP contribution >= 0.6 is 11.8 Å². The maximum Gasteiger partial charge on any atom is 0.322 e. The van der Waals surface area contributed by atoms with Gasteiger partial charge in [0, 0.05) is 17.1 Å². The molecule has 0 fully saturated rings. The van der Waals surface area contributed by atoms with E-state index in [0.29, 0.717) is 24.5 Å². The number of benzene rings is 2. The Balaban J connectivity index is 1.48. The van der Waals surface area contributed by atoms with Crippen molar-refractivity contribution in [1.82, 2.24) is 10.2 Å². The molecule has 3 aromatic rings. The van der Waals surface area contributed by atoms with Gasteiger partial charge in [-0.15, -0.1) is 16.9 Å². The van der Waals surface area contributed by atoms with E-state index in [1.807, 2.05) is 24.3 Å². The number of nitrogens with one attached hydrogen (secondary N) is 1. The second-order valence-corrected chi connectivity index (χ2v) is 10.9. The minimum Gasteiger partial charge on any atom is -0.497 e. The molecule has 0 unspecified atom stereocenters. The number of rotatable bonds is 10. The van der Waals surface area contributed by atoms with Crippen LogP contribution in [0.25, 0.3) is 0 Å². The van der Waals surface area contributed by atoms with Crippen molar-refractivity contribution in [2.45, 2.75) is 41.7 Å². The quantitative estimate of drug-likeness (QED) is 0.439. The zero-order valence-corrected chi connectivity index (χ0v) is 19.7. The van der Waals surface area contributed by atoms with Crippen molar-refractivity contribution < 1.29 is 22.4 Å². The molecule has 3 rings (SSSR count). The molecular weight excluding hydrogens is 450 g/mol. The lowest BCUT2D eigenvalue weighted by Gasteiger charge is -2.08. The smallest absolute Gasteiger partial charge is 0.322 e. The molecule has 170 valence electrons. The molecule has 0 bridgehead atoms. The molecule has 0 radical (unpaired) electrons. The Morgan fingerprint density at radius 3 is 2.41 bits per heavy atom. The summed E-state index contributed by atoms with van der Waals surface area (Å²) in [6.07, 6.45) is 0.623. The third-order valence-corrected chi connectivity index (χ3v) is 7.78. The van der Waals surface area contributed by atoms with Gasteiger partial charge in [0.1, 0.15) is 5.75 Å². The van der Waals surface area contributed by atoms with Crippen molar-refractivity contribution in [1.29, 1.82) is 0 Å². The van der Waals surface area contributed by atoms with Crippen molar-refractivity contribution in [2.75, 3.05) is 18.2 Å². The van der Waals surface area contributed by atoms with Gasteiger partial charge >= 0.3 is 6.01 Å². The lowest BCUT2D eigenvalue weighted by Crippen LogP contribution is -2.13. The van der Waals surface area contributed by atoms with E-state index in [2.05, 4.69) is 15.5 Å². The summed E-state index contributed by atoms with van der Waals surface area (Å²) < 4.78 is 35.0. The van der Waals surface area contributed by atoms with Gasteiger partial charge in [-0.25, -0.2) is 8.42 Å². The van der Waals surface area contributed by atoms with E-state index in [1.54, 1.807) is 57.0 Å². The second kappa shape index (κ2) is 10.6. The lowest BCUT2D eigenvalue weighted by molar-refractivity contribution is -0.115. The topological polar surface area (TPSA) is 111 Å². The molecule has 0 aliphatic carbocycles. The molecule has 0 aliphatic rings. The van der Waals surface area contributed by atoms with Crippen LogP contribution in [0.4, 0.5) is 6.01 Å². The number of anilines is 1. The summed E-state index contributed by atoms with van der Waals surface area (Å²) in [5, 5.41) is 9.91. The number of sulfone groups is 1. The van der Waals surface area contributed by atoms with Crippen LogP contribution in [-0.2, 0) is 21.1 Å². The molecule has 1 N–H and O–H groups in total. The van der Waals surface area contributed by atoms with Gasteiger partial charge in [0.2, 0.25) is 11.8 Å². The van der Waals surface area contributed by atoms with Crippen LogP contribution in [-0.4, -0.2) is 42.6 Å². The van der Waals surface area contributed by atoms with Crippen molar-refractivity contribution in [3.05, 3.63) is 60.0 Å². The molecule has 32 heavy (non-hydrogen) atoms. The molecular formula is C22H25N3O5S2. The standard InChI is InChI=1S/C22H25N3O5S2/c1-15(2)32(27,28)19-10-4-16(5-11-19)14-21-24-25-22(30-21)23-20(26)12-13-31-18-8-6-17(29-3)7-9-18/h4-11,15H,12-14H2,1-3H3,(H,23,25,26). The zero-order chi connectivity index (χ0) is 23.1. The number of aromatic nitrogens is 2. The third-order valence-electron chi connectivity index (χ3n) is 4.60. The lowest BCUT2D eigenvalue weighted by atomic mass is 10.1. The van der Waals surface area contributed by atoms with E-state index in [0.717, 1.165) is 16.2 Å². The molecule has 2 aromatic carbocycles. The van der Waals surface area contributed by atoms with Gasteiger partial charge in [-0.1, -0.05) is 17.2 Å². The highest BCUT2D eigenvalue weighted by Gasteiger charge is 2.19. The minimum atomic E-state index is -3.31. The van der Waals surface area contributed by atoms with E-state index in [9.17, 15) is 13.2 Å². The SMILES string of the molecule is COc1ccc(SCCC(=O)Nc2nnc(Cc3ccc(S(=O)(=O)C(C)C)cc3)o2)cc1. The number of methoxy groups -OCH3 is 1. The summed E-state index contributed by atoms with van der Waals surface area (Å²) in [6, 6.07) is 14.3. The molecule has 0 aliphatic heterocycles. The predicted octanol–water partition coefficient (Wildman–Crippen LogP) is 3.97. The first-order valence-corrected chi connectivity index (χ1v) is 12.5. The molecule has 1 heterocycles. The number of hydrogen-bond acceptors (Lipinski definition) is 8. The zero-order valence-electron chi connectivity index (χ0n) is 18.1. The number of nitrogens with zero attached hydrogens (tertiary/aromatic N) is 2. The van der Waals surface area contributed by atoms with Gasteiger partial charge in [-0.3, -0.25) is 10.1 Å². The van der Waals surface area contributed by atoms with Crippen LogP contribution in [0.2, 0.25) is 0 Å². The third kappa shape index (κ3) is 6.33. The van der Waals surface area contributed by atoms with Gasteiger partial charge in [-0.05, 0) is 55.8 Å². The predicted molar refractivity (Wildman–Crippen MR) is 123 cm³/mol. The Morgan fingerprint density at radius 2 is 1.78 bits per heavy atom. The molecule has 0 atom stereocenters. The van der Waals surface area contributed by atoms with Gasteiger partial charge in [0.05, 0.1) is 23.7 Å². The van der Waals surface area contributed by atoms with Crippen molar-refractivity contribution >= 4 is 33.5 Å². The fourth-order valence-corrected chi connectivity index (χ4v) is 4.65. The molecule has 8 nitrogen and oxygen atoms in total. The minimum absolute atomic E-state index is 0.0402. The first kappa shape index (κ1) is 23.8. The fraction of sp³-hybridized carbons (Fsp3) is 0.318. The summed E-state index contributed by atoms with van der Waals surface area (Å²) in [5.74, 6) is 1.50. The summed E-state index contributed by atoms with van der Waals surface area (Å²) in [6.45, 7) is 3.30. The Morgan fingerprint density at radius 1 is 1.09 bits per heavy atom. The molecule has 1 aromatic heterocycles. The average molecular weight is 476 g/mol. The van der Waals surface area contributed by atoms with Crippen LogP contribution in [0.15, 0.2) is 62.7 Å². The van der Waals surface area contributed by atoms with E-state index in [1.165, 1.54) is 0 Å². The maximum absolute atomic E-state index is 12.2. The first-order valence-electron chi connectivity index (χ1n) is 10.00. The normalized spacial score (nSPS) is 11.5. The van der Waals surface area contributed by atoms with Gasteiger partial charge < -0.3 is 9.15 Å². The highest BCUT2D eigenvalue weighted by atomic mass is 32.2. The Kier molecular flexibility index (Phi) is 7.92. The van der Waals surface area contributed by atoms with Crippen LogP contribution in [0.1, 0.15) is 31.7 Å². The molecule has 0 spiro atoms. The highest BCUT2D eigenvalue weighted by Crippen LogP contribution is 2.22. The number of hydrogen-bond donors (Lipinski definition) is 1. The van der Waals surface area contributed by atoms with Crippen LogP contribution < -0.4 is 10.1 Å². The highest BCUT2D eigenvalue weighted by molar-refractivity contribution is 7.99. The van der Waals surface area contributed by atoms with E-state index >= 15 is 0 Å². The fourth-order valence-electron chi connectivity index (χ4n) is 2.73. The molecule has 1 amide bonds. The largest absolute Gasteiger partial charge is 0.497 e. The van der Waals surface area contributed by atoms with Crippen molar-refractivity contribution in [3.63, 3.8) is 0 Å². The number of amides is 1. The van der Waals surface area contributed by atoms with E-state index < -0.39 is 15.1 Å². The van der Waals surface area contributed by atoms with Gasteiger partial charge in [0.15, 0.2) is 9.84 Å². The van der Waals surface area contributed by atoms with Crippen LogP contribution in [0, 0.1) is 0 Å². The summed E-state index contributed by atoms with van der Waals surface area (Å²) in [7, 11) is -1.69. The Hall–Kier alpha value is -2.85. The average Bonchev–Trinajstić information content (AvgIpc) is 3.21. The van der Waals surface area contributed by atoms with Crippen molar-refractivity contribution in [3.8, 4) is 5.75 Å². The first-order chi connectivity index (χ1) is 15.3. The summed E-state index contributed by atoms with van der Waals surface area (Å²) >= 11 is 1.56. The van der Waals surface area contributed by atoms with E-state index in [-0.39, 0.29) is 16.8 Å². The number of carbonyl (C=O) groups is 1. The summed E-state index contributed by atoms with van der Waals surface area (Å²) in [4.78, 5) is 13.5. The maximum atomic E-state index is 12.2.